The van der Waals surface area contributed by atoms with Crippen LogP contribution in [0.15, 0.2) is 12.1 Å². The van der Waals surface area contributed by atoms with E-state index in [-0.39, 0.29) is 16.9 Å². The van der Waals surface area contributed by atoms with Crippen molar-refractivity contribution >= 4 is 21.6 Å². The van der Waals surface area contributed by atoms with Crippen molar-refractivity contribution in [3.05, 3.63) is 33.6 Å². The van der Waals surface area contributed by atoms with Gasteiger partial charge in [0, 0.05) is 16.3 Å². The third kappa shape index (κ3) is 3.11. The molecule has 0 unspecified atom stereocenters. The first-order valence-electron chi connectivity index (χ1n) is 6.61. The highest BCUT2D eigenvalue weighted by molar-refractivity contribution is 9.09. The van der Waals surface area contributed by atoms with Crippen LogP contribution in [-0.2, 0) is 0 Å². The lowest BCUT2D eigenvalue weighted by Gasteiger charge is -2.26. The van der Waals surface area contributed by atoms with Crippen molar-refractivity contribution in [3.8, 4) is 5.75 Å². The molecule has 6 heteroatoms. The molecule has 0 bridgehead atoms. The van der Waals surface area contributed by atoms with Crippen LogP contribution in [0.2, 0.25) is 0 Å². The van der Waals surface area contributed by atoms with Gasteiger partial charge >= 0.3 is 0 Å². The second-order valence-corrected chi connectivity index (χ2v) is 6.02. The number of halogens is 2. The Labute approximate surface area is 125 Å². The van der Waals surface area contributed by atoms with Crippen LogP contribution in [0.3, 0.4) is 0 Å². The van der Waals surface area contributed by atoms with E-state index in [1.54, 1.807) is 6.92 Å². The zero-order valence-electron chi connectivity index (χ0n) is 11.3. The molecule has 1 aromatic rings. The quantitative estimate of drug-likeness (QED) is 0.452. The molecule has 1 aliphatic rings. The molecule has 20 heavy (non-hydrogen) atoms. The van der Waals surface area contributed by atoms with Crippen molar-refractivity contribution in [2.75, 3.05) is 11.9 Å². The van der Waals surface area contributed by atoms with Crippen LogP contribution >= 0.6 is 15.9 Å². The van der Waals surface area contributed by atoms with Crippen molar-refractivity contribution in [1.29, 1.82) is 0 Å². The number of nitro groups is 1. The molecule has 110 valence electrons. The minimum Gasteiger partial charge on any atom is -0.490 e. The molecule has 0 spiro atoms. The van der Waals surface area contributed by atoms with Gasteiger partial charge in [-0.15, -0.1) is 0 Å². The fraction of sp³-hybridized carbons (Fsp3) is 0.571. The molecule has 0 heterocycles. The fourth-order valence-electron chi connectivity index (χ4n) is 2.62. The van der Waals surface area contributed by atoms with Crippen LogP contribution in [0.4, 0.5) is 10.1 Å². The van der Waals surface area contributed by atoms with E-state index in [0.717, 1.165) is 37.1 Å². The number of nitro benzene ring substituents is 1. The van der Waals surface area contributed by atoms with Crippen LogP contribution in [-0.4, -0.2) is 16.9 Å². The summed E-state index contributed by atoms with van der Waals surface area (Å²) in [6.07, 6.45) is 4.45. The summed E-state index contributed by atoms with van der Waals surface area (Å²) < 4.78 is 19.5. The van der Waals surface area contributed by atoms with Crippen molar-refractivity contribution in [2.24, 2.45) is 5.41 Å². The maximum atomic E-state index is 13.9. The molecule has 4 nitrogen and oxygen atoms in total. The Morgan fingerprint density at radius 1 is 1.45 bits per heavy atom. The summed E-state index contributed by atoms with van der Waals surface area (Å²) in [6, 6.07) is 2.34. The minimum absolute atomic E-state index is 0.0577. The first-order valence-corrected chi connectivity index (χ1v) is 7.73. The Bertz CT molecular complexity index is 515. The topological polar surface area (TPSA) is 52.4 Å². The summed E-state index contributed by atoms with van der Waals surface area (Å²) in [6.45, 7) is 2.02. The van der Waals surface area contributed by atoms with Gasteiger partial charge in [-0.1, -0.05) is 28.8 Å². The molecular weight excluding hydrogens is 329 g/mol. The average Bonchev–Trinajstić information content (AvgIpc) is 2.88. The minimum atomic E-state index is -0.676. The van der Waals surface area contributed by atoms with Crippen LogP contribution in [0, 0.1) is 28.3 Å². The van der Waals surface area contributed by atoms with Crippen molar-refractivity contribution in [2.45, 2.75) is 32.6 Å². The standard InChI is InChI=1S/C14H17BrFNO3/c1-10-6-13(11(16)7-12(10)17(18)19)20-9-14(8-15)4-2-3-5-14/h6-7H,2-5,8-9H2,1H3. The predicted octanol–water partition coefficient (Wildman–Crippen LogP) is 4.38. The summed E-state index contributed by atoms with van der Waals surface area (Å²) in [5, 5.41) is 11.6. The van der Waals surface area contributed by atoms with E-state index in [2.05, 4.69) is 15.9 Å². The molecule has 2 rings (SSSR count). The molecule has 1 fully saturated rings. The average molecular weight is 346 g/mol. The number of ether oxygens (including phenoxy) is 1. The Balaban J connectivity index is 2.14. The van der Waals surface area contributed by atoms with Crippen molar-refractivity contribution in [1.82, 2.24) is 0 Å². The Kier molecular flexibility index (Phi) is 4.62. The van der Waals surface area contributed by atoms with E-state index in [4.69, 9.17) is 4.74 Å². The van der Waals surface area contributed by atoms with E-state index >= 15 is 0 Å². The number of hydrogen-bond acceptors (Lipinski definition) is 3. The SMILES string of the molecule is Cc1cc(OCC2(CBr)CCCC2)c(F)cc1[N+](=O)[O-]. The van der Waals surface area contributed by atoms with Gasteiger partial charge in [-0.05, 0) is 25.8 Å². The number of rotatable bonds is 5. The molecule has 1 aromatic carbocycles. The van der Waals surface area contributed by atoms with Gasteiger partial charge in [0.15, 0.2) is 11.6 Å². The third-order valence-electron chi connectivity index (χ3n) is 3.93. The van der Waals surface area contributed by atoms with Gasteiger partial charge in [0.1, 0.15) is 0 Å². The fourth-order valence-corrected chi connectivity index (χ4v) is 3.35. The lowest BCUT2D eigenvalue weighted by molar-refractivity contribution is -0.385. The molecule has 1 aliphatic carbocycles. The number of benzene rings is 1. The maximum Gasteiger partial charge on any atom is 0.275 e. The van der Waals surface area contributed by atoms with E-state index in [1.807, 2.05) is 0 Å². The number of hydrogen-bond donors (Lipinski definition) is 0. The molecule has 0 saturated heterocycles. The van der Waals surface area contributed by atoms with Gasteiger partial charge in [-0.2, -0.15) is 0 Å². The van der Waals surface area contributed by atoms with E-state index in [0.29, 0.717) is 12.2 Å². The van der Waals surface area contributed by atoms with Crippen LogP contribution in [0.1, 0.15) is 31.2 Å². The van der Waals surface area contributed by atoms with E-state index in [9.17, 15) is 14.5 Å². The summed E-state index contributed by atoms with van der Waals surface area (Å²) in [5.41, 5.74) is 0.249. The second-order valence-electron chi connectivity index (χ2n) is 5.46. The van der Waals surface area contributed by atoms with Gasteiger partial charge in [-0.3, -0.25) is 10.1 Å². The zero-order valence-corrected chi connectivity index (χ0v) is 12.9. The van der Waals surface area contributed by atoms with Gasteiger partial charge in [0.05, 0.1) is 17.6 Å². The van der Waals surface area contributed by atoms with E-state index < -0.39 is 10.7 Å². The van der Waals surface area contributed by atoms with Crippen molar-refractivity contribution < 1.29 is 14.1 Å². The first kappa shape index (κ1) is 15.2. The molecule has 0 amide bonds. The van der Waals surface area contributed by atoms with Gasteiger partial charge in [-0.25, -0.2) is 4.39 Å². The van der Waals surface area contributed by atoms with Gasteiger partial charge < -0.3 is 4.74 Å². The molecule has 1 saturated carbocycles. The normalized spacial score (nSPS) is 17.1. The molecular formula is C14H17BrFNO3. The highest BCUT2D eigenvalue weighted by atomic mass is 79.9. The largest absolute Gasteiger partial charge is 0.490 e. The molecule has 0 aromatic heterocycles. The number of alkyl halides is 1. The lowest BCUT2D eigenvalue weighted by Crippen LogP contribution is -2.27. The molecule has 0 aliphatic heterocycles. The van der Waals surface area contributed by atoms with Crippen LogP contribution < -0.4 is 4.74 Å². The van der Waals surface area contributed by atoms with Gasteiger partial charge in [0.25, 0.3) is 5.69 Å². The number of nitrogens with zero attached hydrogens (tertiary/aromatic N) is 1. The Morgan fingerprint density at radius 2 is 2.10 bits per heavy atom. The van der Waals surface area contributed by atoms with Gasteiger partial charge in [0.2, 0.25) is 0 Å². The smallest absolute Gasteiger partial charge is 0.275 e. The Morgan fingerprint density at radius 3 is 2.65 bits per heavy atom. The predicted molar refractivity (Wildman–Crippen MR) is 78.0 cm³/mol. The third-order valence-corrected chi connectivity index (χ3v) is 5.12. The highest BCUT2D eigenvalue weighted by Crippen LogP contribution is 2.40. The highest BCUT2D eigenvalue weighted by Gasteiger charge is 2.34. The molecule has 0 N–H and O–H groups in total. The number of aryl methyl sites for hydroxylation is 1. The second kappa shape index (κ2) is 6.08. The summed E-state index contributed by atoms with van der Waals surface area (Å²) in [7, 11) is 0. The maximum absolute atomic E-state index is 13.9. The monoisotopic (exact) mass is 345 g/mol. The summed E-state index contributed by atoms with van der Waals surface area (Å²) in [5.74, 6) is -0.578. The first-order chi connectivity index (χ1) is 9.47. The zero-order chi connectivity index (χ0) is 14.8. The van der Waals surface area contributed by atoms with Crippen LogP contribution in [0.25, 0.3) is 0 Å². The van der Waals surface area contributed by atoms with Crippen molar-refractivity contribution in [3.63, 3.8) is 0 Å². The molecule has 0 atom stereocenters. The summed E-state index contributed by atoms with van der Waals surface area (Å²) in [4.78, 5) is 10.2. The van der Waals surface area contributed by atoms with E-state index in [1.165, 1.54) is 6.07 Å². The summed E-state index contributed by atoms with van der Waals surface area (Å²) >= 11 is 3.51. The van der Waals surface area contributed by atoms with Crippen LogP contribution in [0.5, 0.6) is 5.75 Å². The Hall–Kier alpha value is -1.17. The lowest BCUT2D eigenvalue weighted by atomic mass is 9.90. The molecule has 0 radical (unpaired) electrons.